The lowest BCUT2D eigenvalue weighted by Crippen LogP contribution is -2.19. The van der Waals surface area contributed by atoms with Crippen molar-refractivity contribution in [2.45, 2.75) is 26.3 Å². The van der Waals surface area contributed by atoms with E-state index in [0.29, 0.717) is 5.56 Å². The maximum atomic E-state index is 13.8. The second-order valence-electron chi connectivity index (χ2n) is 5.62. The summed E-state index contributed by atoms with van der Waals surface area (Å²) >= 11 is 0. The van der Waals surface area contributed by atoms with Crippen molar-refractivity contribution < 1.29 is 8.78 Å². The van der Waals surface area contributed by atoms with Crippen molar-refractivity contribution in [3.63, 3.8) is 0 Å². The molecule has 3 rings (SSSR count). The van der Waals surface area contributed by atoms with Crippen molar-refractivity contribution in [3.05, 3.63) is 58.7 Å². The van der Waals surface area contributed by atoms with Crippen molar-refractivity contribution in [3.8, 4) is 0 Å². The van der Waals surface area contributed by atoms with Crippen LogP contribution < -0.4 is 10.6 Å². The van der Waals surface area contributed by atoms with Crippen LogP contribution >= 0.6 is 0 Å². The van der Waals surface area contributed by atoms with E-state index in [9.17, 15) is 8.78 Å². The zero-order chi connectivity index (χ0) is 15.1. The van der Waals surface area contributed by atoms with Crippen LogP contribution in [0.25, 0.3) is 0 Å². The van der Waals surface area contributed by atoms with E-state index < -0.39 is 0 Å². The molecule has 0 unspecified atom stereocenters. The van der Waals surface area contributed by atoms with Gasteiger partial charge in [-0.2, -0.15) is 0 Å². The Morgan fingerprint density at radius 2 is 1.90 bits per heavy atom. The smallest absolute Gasteiger partial charge is 0.126 e. The minimum absolute atomic E-state index is 0.260. The van der Waals surface area contributed by atoms with Crippen molar-refractivity contribution in [2.24, 2.45) is 5.73 Å². The Balaban J connectivity index is 2.15. The van der Waals surface area contributed by atoms with E-state index in [4.69, 9.17) is 5.73 Å². The number of fused-ring (bicyclic) bond motifs is 1. The van der Waals surface area contributed by atoms with Crippen LogP contribution in [0.5, 0.6) is 0 Å². The molecule has 1 aliphatic rings. The summed E-state index contributed by atoms with van der Waals surface area (Å²) in [5, 5.41) is 0. The topological polar surface area (TPSA) is 29.3 Å². The summed E-state index contributed by atoms with van der Waals surface area (Å²) in [6, 6.07) is 7.83. The van der Waals surface area contributed by atoms with Gasteiger partial charge in [-0.3, -0.25) is 0 Å². The molecule has 0 saturated heterocycles. The van der Waals surface area contributed by atoms with Gasteiger partial charge in [-0.1, -0.05) is 6.07 Å². The average Bonchev–Trinajstić information content (AvgIpc) is 2.84. The lowest BCUT2D eigenvalue weighted by atomic mass is 10.0. The van der Waals surface area contributed by atoms with Crippen LogP contribution in [0, 0.1) is 18.6 Å². The molecule has 0 aromatic heterocycles. The highest BCUT2D eigenvalue weighted by Crippen LogP contribution is 2.39. The van der Waals surface area contributed by atoms with Crippen LogP contribution in [0.3, 0.4) is 0 Å². The number of rotatable bonds is 2. The Morgan fingerprint density at radius 3 is 2.62 bits per heavy atom. The second-order valence-corrected chi connectivity index (χ2v) is 5.62. The fraction of sp³-hybridized carbons (Fsp3) is 0.294. The van der Waals surface area contributed by atoms with E-state index in [0.717, 1.165) is 35.5 Å². The lowest BCUT2D eigenvalue weighted by Gasteiger charge is -2.25. The van der Waals surface area contributed by atoms with Crippen LogP contribution in [0.1, 0.15) is 29.7 Å². The molecule has 2 nitrogen and oxygen atoms in total. The highest BCUT2D eigenvalue weighted by atomic mass is 19.1. The first-order valence-electron chi connectivity index (χ1n) is 7.09. The first-order valence-corrected chi connectivity index (χ1v) is 7.09. The lowest BCUT2D eigenvalue weighted by molar-refractivity contribution is 0.613. The molecule has 0 bridgehead atoms. The van der Waals surface area contributed by atoms with Crippen LogP contribution in [0.15, 0.2) is 30.3 Å². The van der Waals surface area contributed by atoms with Gasteiger partial charge in [0.05, 0.1) is 0 Å². The highest BCUT2D eigenvalue weighted by molar-refractivity contribution is 5.73. The molecule has 0 saturated carbocycles. The standard InChI is InChI=1S/C17H18F2N2/c1-10-7-17(14(11(2)20)9-15(10)19)21-6-5-12-3-4-13(18)8-16(12)21/h3-4,7-9,11H,5-6,20H2,1-2H3/t11-/m1/s1. The molecule has 110 valence electrons. The molecular weight excluding hydrogens is 270 g/mol. The second kappa shape index (κ2) is 5.11. The van der Waals surface area contributed by atoms with Gasteiger partial charge in [0.2, 0.25) is 0 Å². The molecule has 1 atom stereocenters. The molecule has 0 aliphatic carbocycles. The summed E-state index contributed by atoms with van der Waals surface area (Å²) < 4.78 is 27.4. The van der Waals surface area contributed by atoms with Gasteiger partial charge in [0, 0.05) is 24.0 Å². The normalized spacial score (nSPS) is 15.2. The molecule has 0 amide bonds. The number of halogens is 2. The SMILES string of the molecule is Cc1cc(N2CCc3ccc(F)cc32)c([C@@H](C)N)cc1F. The number of aryl methyl sites for hydroxylation is 1. The summed E-state index contributed by atoms with van der Waals surface area (Å²) in [5.74, 6) is -0.522. The predicted molar refractivity (Wildman–Crippen MR) is 80.8 cm³/mol. The molecule has 2 aromatic rings. The highest BCUT2D eigenvalue weighted by Gasteiger charge is 2.24. The Morgan fingerprint density at radius 1 is 1.14 bits per heavy atom. The van der Waals surface area contributed by atoms with Gasteiger partial charge in [0.15, 0.2) is 0 Å². The minimum Gasteiger partial charge on any atom is -0.341 e. The number of hydrogen-bond acceptors (Lipinski definition) is 2. The minimum atomic E-state index is -0.285. The Kier molecular flexibility index (Phi) is 3.41. The van der Waals surface area contributed by atoms with E-state index in [-0.39, 0.29) is 17.7 Å². The summed E-state index contributed by atoms with van der Waals surface area (Å²) in [6.45, 7) is 4.31. The molecule has 2 aromatic carbocycles. The third kappa shape index (κ3) is 2.40. The largest absolute Gasteiger partial charge is 0.341 e. The van der Waals surface area contributed by atoms with Gasteiger partial charge in [-0.05, 0) is 61.2 Å². The van der Waals surface area contributed by atoms with Gasteiger partial charge in [-0.15, -0.1) is 0 Å². The van der Waals surface area contributed by atoms with Crippen LogP contribution in [-0.4, -0.2) is 6.54 Å². The molecule has 21 heavy (non-hydrogen) atoms. The first-order chi connectivity index (χ1) is 9.97. The van der Waals surface area contributed by atoms with Crippen molar-refractivity contribution >= 4 is 11.4 Å². The third-order valence-corrected chi connectivity index (χ3v) is 4.03. The van der Waals surface area contributed by atoms with E-state index in [2.05, 4.69) is 0 Å². The molecular formula is C17H18F2N2. The van der Waals surface area contributed by atoms with Crippen molar-refractivity contribution in [2.75, 3.05) is 11.4 Å². The van der Waals surface area contributed by atoms with Gasteiger partial charge in [0.25, 0.3) is 0 Å². The molecule has 0 spiro atoms. The molecule has 2 N–H and O–H groups in total. The summed E-state index contributed by atoms with van der Waals surface area (Å²) in [7, 11) is 0. The van der Waals surface area contributed by atoms with Gasteiger partial charge in [0.1, 0.15) is 11.6 Å². The molecule has 0 radical (unpaired) electrons. The van der Waals surface area contributed by atoms with Gasteiger partial charge >= 0.3 is 0 Å². The number of hydrogen-bond donors (Lipinski definition) is 1. The van der Waals surface area contributed by atoms with Crippen LogP contribution in [0.2, 0.25) is 0 Å². The van der Waals surface area contributed by atoms with E-state index in [1.54, 1.807) is 13.0 Å². The molecule has 1 aliphatic heterocycles. The Hall–Kier alpha value is -1.94. The first kappa shape index (κ1) is 14.0. The molecule has 4 heteroatoms. The monoisotopic (exact) mass is 288 g/mol. The fourth-order valence-electron chi connectivity index (χ4n) is 2.88. The summed E-state index contributed by atoms with van der Waals surface area (Å²) in [6.07, 6.45) is 0.852. The molecule has 1 heterocycles. The van der Waals surface area contributed by atoms with E-state index >= 15 is 0 Å². The zero-order valence-corrected chi connectivity index (χ0v) is 12.2. The Bertz CT molecular complexity index is 695. The van der Waals surface area contributed by atoms with Gasteiger partial charge < -0.3 is 10.6 Å². The summed E-state index contributed by atoms with van der Waals surface area (Å²) in [4.78, 5) is 2.03. The average molecular weight is 288 g/mol. The number of nitrogens with zero attached hydrogens (tertiary/aromatic N) is 1. The van der Waals surface area contributed by atoms with Gasteiger partial charge in [-0.25, -0.2) is 8.78 Å². The van der Waals surface area contributed by atoms with E-state index in [1.807, 2.05) is 17.9 Å². The number of benzene rings is 2. The van der Waals surface area contributed by atoms with E-state index in [1.165, 1.54) is 18.2 Å². The Labute approximate surface area is 123 Å². The zero-order valence-electron chi connectivity index (χ0n) is 12.2. The maximum Gasteiger partial charge on any atom is 0.126 e. The quantitative estimate of drug-likeness (QED) is 0.905. The maximum absolute atomic E-state index is 13.8. The predicted octanol–water partition coefficient (Wildman–Crippen LogP) is 3.99. The third-order valence-electron chi connectivity index (χ3n) is 4.03. The molecule has 0 fully saturated rings. The van der Waals surface area contributed by atoms with Crippen molar-refractivity contribution in [1.29, 1.82) is 0 Å². The van der Waals surface area contributed by atoms with Crippen LogP contribution in [0.4, 0.5) is 20.2 Å². The number of anilines is 2. The van der Waals surface area contributed by atoms with Crippen molar-refractivity contribution in [1.82, 2.24) is 0 Å². The fourth-order valence-corrected chi connectivity index (χ4v) is 2.88. The number of nitrogens with two attached hydrogens (primary N) is 1. The van der Waals surface area contributed by atoms with Crippen LogP contribution in [-0.2, 0) is 6.42 Å². The summed E-state index contributed by atoms with van der Waals surface area (Å²) in [5.41, 5.74) is 10.1.